The second kappa shape index (κ2) is 9.42. The van der Waals surface area contributed by atoms with Crippen molar-refractivity contribution in [3.05, 3.63) is 46.1 Å². The first-order chi connectivity index (χ1) is 12.0. The molecular weight excluding hydrogens is 386 g/mol. The van der Waals surface area contributed by atoms with Gasteiger partial charge in [0.15, 0.2) is 0 Å². The summed E-state index contributed by atoms with van der Waals surface area (Å²) < 4.78 is 11.0. The molecule has 2 rings (SSSR count). The number of amides is 1. The maximum absolute atomic E-state index is 12.4. The van der Waals surface area contributed by atoms with Crippen molar-refractivity contribution in [1.82, 2.24) is 5.32 Å². The molecule has 0 aliphatic heterocycles. The number of esters is 1. The number of hydrogen-bond donors (Lipinski definition) is 1. The van der Waals surface area contributed by atoms with Gasteiger partial charge in [-0.2, -0.15) is 0 Å². The fourth-order valence-corrected chi connectivity index (χ4v) is 3.28. The van der Waals surface area contributed by atoms with E-state index in [2.05, 4.69) is 26.0 Å². The smallest absolute Gasteiger partial charge is 0.305 e. The Hall–Kier alpha value is -2.08. The molecule has 0 aliphatic rings. The largest absolute Gasteiger partial charge is 0.469 e. The van der Waals surface area contributed by atoms with E-state index in [0.717, 1.165) is 24.8 Å². The molecule has 0 aliphatic carbocycles. The van der Waals surface area contributed by atoms with Crippen molar-refractivity contribution in [3.8, 4) is 11.3 Å². The molecule has 0 saturated carbocycles. The number of carbonyl (C=O) groups excluding carboxylic acids is 2. The molecular formula is C19H22BrNO4. The Balaban J connectivity index is 1.90. The van der Waals surface area contributed by atoms with Crippen LogP contribution in [0.3, 0.4) is 0 Å². The van der Waals surface area contributed by atoms with Crippen LogP contribution < -0.4 is 5.32 Å². The lowest BCUT2D eigenvalue weighted by atomic mass is 10.1. The monoisotopic (exact) mass is 407 g/mol. The van der Waals surface area contributed by atoms with E-state index in [-0.39, 0.29) is 11.9 Å². The zero-order chi connectivity index (χ0) is 18.2. The number of benzene rings is 1. The summed E-state index contributed by atoms with van der Waals surface area (Å²) in [4.78, 5) is 23.5. The van der Waals surface area contributed by atoms with E-state index >= 15 is 0 Å². The van der Waals surface area contributed by atoms with Crippen LogP contribution in [-0.4, -0.2) is 25.5 Å². The average Bonchev–Trinajstić information content (AvgIpc) is 2.92. The Bertz CT molecular complexity index is 725. The fourth-order valence-electron chi connectivity index (χ4n) is 2.52. The van der Waals surface area contributed by atoms with Crippen molar-refractivity contribution in [1.29, 1.82) is 0 Å². The van der Waals surface area contributed by atoms with Crippen LogP contribution in [-0.2, 0) is 9.53 Å². The minimum absolute atomic E-state index is 0.164. The van der Waals surface area contributed by atoms with Gasteiger partial charge in [0.05, 0.1) is 17.1 Å². The average molecular weight is 408 g/mol. The van der Waals surface area contributed by atoms with Crippen LogP contribution in [0.1, 0.15) is 41.8 Å². The zero-order valence-corrected chi connectivity index (χ0v) is 16.0. The van der Waals surface area contributed by atoms with E-state index < -0.39 is 0 Å². The van der Waals surface area contributed by atoms with E-state index in [1.165, 1.54) is 7.11 Å². The molecule has 0 spiro atoms. The SMILES string of the molecule is COC(=O)CCCCCNC(=O)c1c(C)oc(-c2ccccc2)c1Br. The van der Waals surface area contributed by atoms with Gasteiger partial charge in [0.25, 0.3) is 5.91 Å². The highest BCUT2D eigenvalue weighted by Crippen LogP contribution is 2.35. The van der Waals surface area contributed by atoms with Crippen LogP contribution in [0.25, 0.3) is 11.3 Å². The number of aryl methyl sites for hydroxylation is 1. The van der Waals surface area contributed by atoms with E-state index in [1.807, 2.05) is 30.3 Å². The van der Waals surface area contributed by atoms with Crippen LogP contribution in [0.5, 0.6) is 0 Å². The molecule has 0 fully saturated rings. The second-order valence-corrected chi connectivity index (χ2v) is 6.48. The van der Waals surface area contributed by atoms with Gasteiger partial charge in [-0.3, -0.25) is 9.59 Å². The zero-order valence-electron chi connectivity index (χ0n) is 14.4. The number of nitrogens with one attached hydrogen (secondary N) is 1. The van der Waals surface area contributed by atoms with Gasteiger partial charge in [0, 0.05) is 18.5 Å². The first kappa shape index (κ1) is 19.2. The van der Waals surface area contributed by atoms with Crippen molar-refractivity contribution in [3.63, 3.8) is 0 Å². The standard InChI is InChI=1S/C19H22BrNO4/c1-13-16(17(20)18(25-13)14-9-5-3-6-10-14)19(23)21-12-8-4-7-11-15(22)24-2/h3,5-6,9-10H,4,7-8,11-12H2,1-2H3,(H,21,23). The Labute approximate surface area is 155 Å². The number of halogens is 1. The maximum atomic E-state index is 12.4. The molecule has 5 nitrogen and oxygen atoms in total. The van der Waals surface area contributed by atoms with Crippen LogP contribution >= 0.6 is 15.9 Å². The van der Waals surface area contributed by atoms with Crippen molar-refractivity contribution >= 4 is 27.8 Å². The first-order valence-electron chi connectivity index (χ1n) is 8.24. The lowest BCUT2D eigenvalue weighted by Crippen LogP contribution is -2.25. The highest BCUT2D eigenvalue weighted by atomic mass is 79.9. The van der Waals surface area contributed by atoms with Crippen LogP contribution in [0, 0.1) is 6.92 Å². The first-order valence-corrected chi connectivity index (χ1v) is 9.03. The summed E-state index contributed by atoms with van der Waals surface area (Å²) in [5.41, 5.74) is 1.44. The summed E-state index contributed by atoms with van der Waals surface area (Å²) in [6.45, 7) is 2.33. The number of furan rings is 1. The Morgan fingerprint density at radius 1 is 1.16 bits per heavy atom. The molecule has 0 unspecified atom stereocenters. The minimum Gasteiger partial charge on any atom is -0.469 e. The van der Waals surface area contributed by atoms with Crippen molar-refractivity contribution in [2.75, 3.05) is 13.7 Å². The number of rotatable bonds is 8. The summed E-state index contributed by atoms with van der Waals surface area (Å²) >= 11 is 3.49. The molecule has 0 atom stereocenters. The van der Waals surface area contributed by atoms with Gasteiger partial charge < -0.3 is 14.5 Å². The molecule has 1 aromatic carbocycles. The Morgan fingerprint density at radius 3 is 2.56 bits per heavy atom. The molecule has 1 heterocycles. The third-order valence-electron chi connectivity index (χ3n) is 3.86. The van der Waals surface area contributed by atoms with Gasteiger partial charge in [0.2, 0.25) is 0 Å². The van der Waals surface area contributed by atoms with Gasteiger partial charge in [-0.05, 0) is 35.7 Å². The van der Waals surface area contributed by atoms with E-state index in [9.17, 15) is 9.59 Å². The number of methoxy groups -OCH3 is 1. The quantitative estimate of drug-likeness (QED) is 0.517. The highest BCUT2D eigenvalue weighted by molar-refractivity contribution is 9.10. The molecule has 1 aromatic heterocycles. The van der Waals surface area contributed by atoms with Crippen LogP contribution in [0.4, 0.5) is 0 Å². The minimum atomic E-state index is -0.199. The third kappa shape index (κ3) is 5.19. The molecule has 6 heteroatoms. The van der Waals surface area contributed by atoms with Gasteiger partial charge in [-0.1, -0.05) is 36.8 Å². The summed E-state index contributed by atoms with van der Waals surface area (Å²) in [7, 11) is 1.39. The molecule has 0 radical (unpaired) electrons. The molecule has 0 bridgehead atoms. The van der Waals surface area contributed by atoms with E-state index in [4.69, 9.17) is 4.42 Å². The Morgan fingerprint density at radius 2 is 1.88 bits per heavy atom. The molecule has 134 valence electrons. The lowest BCUT2D eigenvalue weighted by molar-refractivity contribution is -0.140. The summed E-state index contributed by atoms with van der Waals surface area (Å²) in [6, 6.07) is 9.65. The lowest BCUT2D eigenvalue weighted by Gasteiger charge is -2.05. The molecule has 1 amide bonds. The number of hydrogen-bond acceptors (Lipinski definition) is 4. The third-order valence-corrected chi connectivity index (χ3v) is 4.62. The number of ether oxygens (including phenoxy) is 1. The number of carbonyl (C=O) groups is 2. The fraction of sp³-hybridized carbons (Fsp3) is 0.368. The Kier molecular flexibility index (Phi) is 7.25. The summed E-state index contributed by atoms with van der Waals surface area (Å²) in [6.07, 6.45) is 2.84. The van der Waals surface area contributed by atoms with Gasteiger partial charge in [-0.15, -0.1) is 0 Å². The normalized spacial score (nSPS) is 10.5. The predicted octanol–water partition coefficient (Wildman–Crippen LogP) is 4.48. The van der Waals surface area contributed by atoms with Crippen LogP contribution in [0.15, 0.2) is 39.2 Å². The molecule has 1 N–H and O–H groups in total. The van der Waals surface area contributed by atoms with Gasteiger partial charge in [0.1, 0.15) is 11.5 Å². The maximum Gasteiger partial charge on any atom is 0.305 e. The van der Waals surface area contributed by atoms with E-state index in [1.54, 1.807) is 6.92 Å². The van der Waals surface area contributed by atoms with E-state index in [0.29, 0.717) is 34.5 Å². The van der Waals surface area contributed by atoms with Crippen molar-refractivity contribution in [2.24, 2.45) is 0 Å². The van der Waals surface area contributed by atoms with Gasteiger partial charge >= 0.3 is 5.97 Å². The van der Waals surface area contributed by atoms with Crippen molar-refractivity contribution in [2.45, 2.75) is 32.6 Å². The highest BCUT2D eigenvalue weighted by Gasteiger charge is 2.22. The summed E-state index contributed by atoms with van der Waals surface area (Å²) in [5.74, 6) is 0.869. The predicted molar refractivity (Wildman–Crippen MR) is 99.4 cm³/mol. The second-order valence-electron chi connectivity index (χ2n) is 5.69. The molecule has 0 saturated heterocycles. The van der Waals surface area contributed by atoms with Crippen molar-refractivity contribution < 1.29 is 18.7 Å². The van der Waals surface area contributed by atoms with Crippen LogP contribution in [0.2, 0.25) is 0 Å². The van der Waals surface area contributed by atoms with Gasteiger partial charge in [-0.25, -0.2) is 0 Å². The summed E-state index contributed by atoms with van der Waals surface area (Å²) in [5, 5.41) is 2.90. The molecule has 25 heavy (non-hydrogen) atoms. The molecule has 2 aromatic rings. The topological polar surface area (TPSA) is 68.5 Å². The number of unbranched alkanes of at least 4 members (excludes halogenated alkanes) is 2.